The van der Waals surface area contributed by atoms with Crippen LogP contribution in [0, 0.1) is 0 Å². The highest BCUT2D eigenvalue weighted by Gasteiger charge is 2.14. The zero-order valence-electron chi connectivity index (χ0n) is 11.9. The molecule has 0 unspecified atom stereocenters. The number of rotatable bonds is 5. The molecule has 3 aromatic rings. The van der Waals surface area contributed by atoms with Crippen LogP contribution in [-0.4, -0.2) is 23.6 Å². The summed E-state index contributed by atoms with van der Waals surface area (Å²) in [6.07, 6.45) is 2.79. The van der Waals surface area contributed by atoms with Crippen LogP contribution in [0.5, 0.6) is 0 Å². The van der Waals surface area contributed by atoms with Crippen LogP contribution in [0.25, 0.3) is 22.0 Å². The van der Waals surface area contributed by atoms with E-state index in [1.165, 1.54) is 10.4 Å². The van der Waals surface area contributed by atoms with Crippen LogP contribution in [0.2, 0.25) is 0 Å². The number of hydrogen-bond donors (Lipinski definition) is 1. The average Bonchev–Trinajstić information content (AvgIpc) is 2.99. The maximum absolute atomic E-state index is 4.83. The molecule has 0 aliphatic carbocycles. The SMILES string of the molecule is CNCCc1sc(-c2ccccn2)nc1-c1ccccc1. The van der Waals surface area contributed by atoms with Crippen molar-refractivity contribution < 1.29 is 0 Å². The summed E-state index contributed by atoms with van der Waals surface area (Å²) in [4.78, 5) is 10.5. The van der Waals surface area contributed by atoms with Crippen LogP contribution in [0.15, 0.2) is 54.7 Å². The predicted molar refractivity (Wildman–Crippen MR) is 88.4 cm³/mol. The first kappa shape index (κ1) is 13.9. The molecule has 2 heterocycles. The Morgan fingerprint density at radius 2 is 1.86 bits per heavy atom. The van der Waals surface area contributed by atoms with Crippen molar-refractivity contribution in [2.24, 2.45) is 0 Å². The summed E-state index contributed by atoms with van der Waals surface area (Å²) in [5.41, 5.74) is 3.19. The van der Waals surface area contributed by atoms with Crippen molar-refractivity contribution in [2.45, 2.75) is 6.42 Å². The Morgan fingerprint density at radius 3 is 2.57 bits per heavy atom. The second-order valence-electron chi connectivity index (χ2n) is 4.73. The maximum Gasteiger partial charge on any atom is 0.142 e. The van der Waals surface area contributed by atoms with Gasteiger partial charge in [0.1, 0.15) is 5.01 Å². The number of hydrogen-bond acceptors (Lipinski definition) is 4. The van der Waals surface area contributed by atoms with Gasteiger partial charge >= 0.3 is 0 Å². The van der Waals surface area contributed by atoms with E-state index in [2.05, 4.69) is 34.6 Å². The van der Waals surface area contributed by atoms with Gasteiger partial charge < -0.3 is 5.32 Å². The topological polar surface area (TPSA) is 37.8 Å². The molecule has 0 radical (unpaired) electrons. The van der Waals surface area contributed by atoms with E-state index < -0.39 is 0 Å². The van der Waals surface area contributed by atoms with Gasteiger partial charge in [-0.15, -0.1) is 11.3 Å². The lowest BCUT2D eigenvalue weighted by molar-refractivity contribution is 0.799. The number of pyridine rings is 1. The summed E-state index contributed by atoms with van der Waals surface area (Å²) in [6.45, 7) is 0.948. The van der Waals surface area contributed by atoms with E-state index >= 15 is 0 Å². The van der Waals surface area contributed by atoms with E-state index in [1.54, 1.807) is 11.3 Å². The molecule has 0 saturated heterocycles. The van der Waals surface area contributed by atoms with Crippen LogP contribution in [0.1, 0.15) is 4.88 Å². The third-order valence-electron chi connectivity index (χ3n) is 3.23. The number of thiazole rings is 1. The van der Waals surface area contributed by atoms with Crippen molar-refractivity contribution >= 4 is 11.3 Å². The van der Waals surface area contributed by atoms with Gasteiger partial charge in [0.2, 0.25) is 0 Å². The molecule has 3 nitrogen and oxygen atoms in total. The molecule has 21 heavy (non-hydrogen) atoms. The Balaban J connectivity index is 2.03. The van der Waals surface area contributed by atoms with Crippen molar-refractivity contribution in [3.05, 3.63) is 59.6 Å². The molecule has 0 saturated carbocycles. The minimum Gasteiger partial charge on any atom is -0.319 e. The van der Waals surface area contributed by atoms with Gasteiger partial charge in [-0.1, -0.05) is 36.4 Å². The first-order valence-electron chi connectivity index (χ1n) is 6.99. The molecule has 2 aromatic heterocycles. The molecular formula is C17H17N3S. The molecule has 0 spiro atoms. The van der Waals surface area contributed by atoms with E-state index in [0.29, 0.717) is 0 Å². The number of nitrogens with zero attached hydrogens (tertiary/aromatic N) is 2. The van der Waals surface area contributed by atoms with E-state index in [0.717, 1.165) is 29.4 Å². The summed E-state index contributed by atoms with van der Waals surface area (Å²) in [5.74, 6) is 0. The zero-order chi connectivity index (χ0) is 14.5. The average molecular weight is 295 g/mol. The number of benzene rings is 1. The number of aromatic nitrogens is 2. The van der Waals surface area contributed by atoms with Gasteiger partial charge in [0, 0.05) is 16.6 Å². The highest BCUT2D eigenvalue weighted by Crippen LogP contribution is 2.33. The Hall–Kier alpha value is -2.04. The Labute approximate surface area is 128 Å². The first-order valence-corrected chi connectivity index (χ1v) is 7.81. The minimum absolute atomic E-state index is 0.940. The van der Waals surface area contributed by atoms with Gasteiger partial charge in [-0.2, -0.15) is 0 Å². The van der Waals surface area contributed by atoms with Gasteiger partial charge in [-0.3, -0.25) is 4.98 Å². The lowest BCUT2D eigenvalue weighted by Crippen LogP contribution is -2.09. The molecule has 106 valence electrons. The summed E-state index contributed by atoms with van der Waals surface area (Å²) in [6, 6.07) is 16.3. The zero-order valence-corrected chi connectivity index (χ0v) is 12.7. The lowest BCUT2D eigenvalue weighted by Gasteiger charge is -2.01. The highest BCUT2D eigenvalue weighted by atomic mass is 32.1. The van der Waals surface area contributed by atoms with Crippen molar-refractivity contribution in [1.29, 1.82) is 0 Å². The van der Waals surface area contributed by atoms with Crippen LogP contribution < -0.4 is 5.32 Å². The van der Waals surface area contributed by atoms with E-state index in [-0.39, 0.29) is 0 Å². The molecule has 0 amide bonds. The normalized spacial score (nSPS) is 10.7. The summed E-state index contributed by atoms with van der Waals surface area (Å²) in [7, 11) is 1.98. The van der Waals surface area contributed by atoms with Crippen LogP contribution in [0.3, 0.4) is 0 Å². The van der Waals surface area contributed by atoms with Crippen molar-refractivity contribution in [3.8, 4) is 22.0 Å². The molecule has 0 bridgehead atoms. The highest BCUT2D eigenvalue weighted by molar-refractivity contribution is 7.15. The van der Waals surface area contributed by atoms with Gasteiger partial charge in [-0.05, 0) is 32.1 Å². The molecule has 1 aromatic carbocycles. The van der Waals surface area contributed by atoms with E-state index in [1.807, 2.05) is 37.5 Å². The van der Waals surface area contributed by atoms with Crippen LogP contribution in [0.4, 0.5) is 0 Å². The fraction of sp³-hybridized carbons (Fsp3) is 0.176. The quantitative estimate of drug-likeness (QED) is 0.781. The second kappa shape index (κ2) is 6.61. The van der Waals surface area contributed by atoms with Gasteiger partial charge in [0.25, 0.3) is 0 Å². The first-order chi connectivity index (χ1) is 10.4. The van der Waals surface area contributed by atoms with Crippen LogP contribution in [-0.2, 0) is 6.42 Å². The third-order valence-corrected chi connectivity index (χ3v) is 4.37. The van der Waals surface area contributed by atoms with E-state index in [9.17, 15) is 0 Å². The summed E-state index contributed by atoms with van der Waals surface area (Å²) < 4.78 is 0. The lowest BCUT2D eigenvalue weighted by atomic mass is 10.1. The van der Waals surface area contributed by atoms with Crippen molar-refractivity contribution in [3.63, 3.8) is 0 Å². The van der Waals surface area contributed by atoms with Crippen LogP contribution >= 0.6 is 11.3 Å². The summed E-state index contributed by atoms with van der Waals surface area (Å²) in [5, 5.41) is 4.19. The Kier molecular flexibility index (Phi) is 4.38. The molecule has 3 rings (SSSR count). The fourth-order valence-corrected chi connectivity index (χ4v) is 3.24. The monoisotopic (exact) mass is 295 g/mol. The molecule has 0 aliphatic heterocycles. The fourth-order valence-electron chi connectivity index (χ4n) is 2.18. The molecular weight excluding hydrogens is 278 g/mol. The molecule has 4 heteroatoms. The largest absolute Gasteiger partial charge is 0.319 e. The molecule has 0 fully saturated rings. The minimum atomic E-state index is 0.940. The maximum atomic E-state index is 4.83. The summed E-state index contributed by atoms with van der Waals surface area (Å²) >= 11 is 1.73. The predicted octanol–water partition coefficient (Wildman–Crippen LogP) is 3.63. The molecule has 1 N–H and O–H groups in total. The molecule has 0 aliphatic rings. The number of nitrogens with one attached hydrogen (secondary N) is 1. The van der Waals surface area contributed by atoms with Crippen molar-refractivity contribution in [1.82, 2.24) is 15.3 Å². The van der Waals surface area contributed by atoms with Crippen molar-refractivity contribution in [2.75, 3.05) is 13.6 Å². The van der Waals surface area contributed by atoms with Gasteiger partial charge in [-0.25, -0.2) is 4.98 Å². The van der Waals surface area contributed by atoms with Gasteiger partial charge in [0.15, 0.2) is 0 Å². The number of likely N-dealkylation sites (N-methyl/N-ethyl adjacent to an activating group) is 1. The van der Waals surface area contributed by atoms with Gasteiger partial charge in [0.05, 0.1) is 11.4 Å². The molecule has 0 atom stereocenters. The Bertz CT molecular complexity index is 693. The second-order valence-corrected chi connectivity index (χ2v) is 5.81. The smallest absolute Gasteiger partial charge is 0.142 e. The Morgan fingerprint density at radius 1 is 1.05 bits per heavy atom. The van der Waals surface area contributed by atoms with E-state index in [4.69, 9.17) is 4.98 Å². The standard InChI is InChI=1S/C17H17N3S/c1-18-12-10-15-16(13-7-3-2-4-8-13)20-17(21-15)14-9-5-6-11-19-14/h2-9,11,18H,10,12H2,1H3. The third kappa shape index (κ3) is 3.17.